The summed E-state index contributed by atoms with van der Waals surface area (Å²) < 4.78 is 45.3. The second-order valence-corrected chi connectivity index (χ2v) is 7.25. The molecule has 7 nitrogen and oxygen atoms in total. The van der Waals surface area contributed by atoms with E-state index in [0.29, 0.717) is 0 Å². The highest BCUT2D eigenvalue weighted by Crippen LogP contribution is 2.27. The van der Waals surface area contributed by atoms with Crippen molar-refractivity contribution in [3.63, 3.8) is 0 Å². The minimum Gasteiger partial charge on any atom is -0.467 e. The summed E-state index contributed by atoms with van der Waals surface area (Å²) in [6.07, 6.45) is -2.31. The van der Waals surface area contributed by atoms with Crippen LogP contribution in [0.5, 0.6) is 0 Å². The molecular weight excluding hydrogens is 324 g/mol. The second kappa shape index (κ2) is 6.56. The molecule has 1 aromatic carbocycles. The average Bonchev–Trinajstić information content (AvgIpc) is 2.84. The lowest BCUT2D eigenvalue weighted by Gasteiger charge is -2.22. The van der Waals surface area contributed by atoms with E-state index in [4.69, 9.17) is 13.7 Å². The van der Waals surface area contributed by atoms with Crippen LogP contribution in [0.3, 0.4) is 0 Å². The highest BCUT2D eigenvalue weighted by atomic mass is 32.2. The first kappa shape index (κ1) is 17.9. The number of benzene rings is 1. The monoisotopic (exact) mass is 344 g/mol. The van der Waals surface area contributed by atoms with E-state index in [1.54, 1.807) is 26.0 Å². The molecule has 23 heavy (non-hydrogen) atoms. The summed E-state index contributed by atoms with van der Waals surface area (Å²) in [5, 5.41) is 0. The maximum Gasteiger partial charge on any atom is 0.339 e. The predicted octanol–water partition coefficient (Wildman–Crippen LogP) is 1.39. The Labute approximate surface area is 135 Å². The van der Waals surface area contributed by atoms with Crippen LogP contribution in [0, 0.1) is 6.92 Å². The molecule has 1 saturated heterocycles. The summed E-state index contributed by atoms with van der Waals surface area (Å²) in [4.78, 5) is 11.9. The third-order valence-electron chi connectivity index (χ3n) is 3.34. The summed E-state index contributed by atoms with van der Waals surface area (Å²) in [5.74, 6) is -1.76. The summed E-state index contributed by atoms with van der Waals surface area (Å²) >= 11 is 0. The highest BCUT2D eigenvalue weighted by molar-refractivity contribution is 7.86. The van der Waals surface area contributed by atoms with Gasteiger partial charge in [0, 0.05) is 0 Å². The smallest absolute Gasteiger partial charge is 0.339 e. The minimum absolute atomic E-state index is 0.0240. The largest absolute Gasteiger partial charge is 0.467 e. The Morgan fingerprint density at radius 1 is 1.30 bits per heavy atom. The zero-order chi connectivity index (χ0) is 17.3. The number of esters is 1. The highest BCUT2D eigenvalue weighted by Gasteiger charge is 2.44. The summed E-state index contributed by atoms with van der Waals surface area (Å²) in [6.45, 7) is 5.18. The Morgan fingerprint density at radius 2 is 1.91 bits per heavy atom. The van der Waals surface area contributed by atoms with E-state index in [1.165, 1.54) is 12.1 Å². The molecular formula is C15H20O7S. The lowest BCUT2D eigenvalue weighted by Crippen LogP contribution is -2.41. The summed E-state index contributed by atoms with van der Waals surface area (Å²) in [5.41, 5.74) is 0.905. The third-order valence-corrected chi connectivity index (χ3v) is 4.65. The molecule has 2 atom stereocenters. The fourth-order valence-electron chi connectivity index (χ4n) is 2.13. The molecule has 8 heteroatoms. The van der Waals surface area contributed by atoms with Crippen LogP contribution in [-0.2, 0) is 33.3 Å². The first-order valence-electron chi connectivity index (χ1n) is 7.04. The standard InChI is InChI=1S/C15H20O7S/c1-10-5-7-11(8-6-10)23(17,18)22-13(14(16)19-4)12-9-20-15(2,3)21-12/h5-8,12-13H,9H2,1-4H3. The van der Waals surface area contributed by atoms with Gasteiger partial charge < -0.3 is 14.2 Å². The maximum absolute atomic E-state index is 12.4. The normalized spacial score (nSPS) is 21.8. The molecule has 0 aromatic heterocycles. The van der Waals surface area contributed by atoms with Gasteiger partial charge in [-0.05, 0) is 32.9 Å². The molecule has 0 bridgehead atoms. The second-order valence-electron chi connectivity index (χ2n) is 5.67. The van der Waals surface area contributed by atoms with Gasteiger partial charge in [-0.2, -0.15) is 8.42 Å². The molecule has 0 amide bonds. The first-order valence-corrected chi connectivity index (χ1v) is 8.45. The molecule has 1 aromatic rings. The van der Waals surface area contributed by atoms with Crippen molar-refractivity contribution >= 4 is 16.1 Å². The van der Waals surface area contributed by atoms with Crippen molar-refractivity contribution in [3.8, 4) is 0 Å². The van der Waals surface area contributed by atoms with Crippen molar-refractivity contribution in [3.05, 3.63) is 29.8 Å². The van der Waals surface area contributed by atoms with Crippen molar-refractivity contribution in [1.29, 1.82) is 0 Å². The molecule has 2 unspecified atom stereocenters. The minimum atomic E-state index is -4.14. The Balaban J connectivity index is 2.24. The van der Waals surface area contributed by atoms with Crippen LogP contribution in [-0.4, -0.2) is 46.1 Å². The van der Waals surface area contributed by atoms with Gasteiger partial charge in [0.15, 0.2) is 5.79 Å². The molecule has 1 heterocycles. The number of rotatable bonds is 5. The van der Waals surface area contributed by atoms with Crippen LogP contribution in [0.15, 0.2) is 29.2 Å². The molecule has 1 fully saturated rings. The average molecular weight is 344 g/mol. The number of aryl methyl sites for hydroxylation is 1. The number of methoxy groups -OCH3 is 1. The van der Waals surface area contributed by atoms with Gasteiger partial charge in [0.1, 0.15) is 6.10 Å². The first-order chi connectivity index (χ1) is 10.6. The van der Waals surface area contributed by atoms with Crippen molar-refractivity contribution in [2.45, 2.75) is 43.7 Å². The van der Waals surface area contributed by atoms with Gasteiger partial charge in [0.2, 0.25) is 6.10 Å². The van der Waals surface area contributed by atoms with Crippen LogP contribution in [0.2, 0.25) is 0 Å². The van der Waals surface area contributed by atoms with Gasteiger partial charge in [-0.1, -0.05) is 17.7 Å². The van der Waals surface area contributed by atoms with Crippen molar-refractivity contribution in [1.82, 2.24) is 0 Å². The van der Waals surface area contributed by atoms with Crippen molar-refractivity contribution in [2.24, 2.45) is 0 Å². The van der Waals surface area contributed by atoms with E-state index in [2.05, 4.69) is 4.74 Å². The Morgan fingerprint density at radius 3 is 2.39 bits per heavy atom. The fraction of sp³-hybridized carbons (Fsp3) is 0.533. The topological polar surface area (TPSA) is 88.1 Å². The van der Waals surface area contributed by atoms with Crippen LogP contribution < -0.4 is 0 Å². The molecule has 0 aliphatic carbocycles. The van der Waals surface area contributed by atoms with Gasteiger partial charge in [0.25, 0.3) is 10.1 Å². The third kappa shape index (κ3) is 4.29. The molecule has 128 valence electrons. The van der Waals surface area contributed by atoms with Gasteiger partial charge in [-0.3, -0.25) is 0 Å². The lowest BCUT2D eigenvalue weighted by atomic mass is 10.2. The van der Waals surface area contributed by atoms with Crippen molar-refractivity contribution in [2.75, 3.05) is 13.7 Å². The van der Waals surface area contributed by atoms with Crippen LogP contribution in [0.1, 0.15) is 19.4 Å². The molecule has 0 N–H and O–H groups in total. The molecule has 0 radical (unpaired) electrons. The lowest BCUT2D eigenvalue weighted by molar-refractivity contribution is -0.167. The van der Waals surface area contributed by atoms with E-state index in [9.17, 15) is 13.2 Å². The maximum atomic E-state index is 12.4. The fourth-order valence-corrected chi connectivity index (χ4v) is 3.19. The molecule has 1 aliphatic rings. The van der Waals surface area contributed by atoms with Gasteiger partial charge in [0.05, 0.1) is 18.6 Å². The number of ether oxygens (including phenoxy) is 3. The number of hydrogen-bond acceptors (Lipinski definition) is 7. The van der Waals surface area contributed by atoms with Crippen LogP contribution >= 0.6 is 0 Å². The Kier molecular flexibility index (Phi) is 5.10. The van der Waals surface area contributed by atoms with Crippen molar-refractivity contribution < 1.29 is 31.6 Å². The van der Waals surface area contributed by atoms with Gasteiger partial charge in [-0.15, -0.1) is 0 Å². The summed E-state index contributed by atoms with van der Waals surface area (Å²) in [6, 6.07) is 6.10. The zero-order valence-electron chi connectivity index (χ0n) is 13.4. The van der Waals surface area contributed by atoms with Crippen LogP contribution in [0.25, 0.3) is 0 Å². The molecule has 0 saturated carbocycles. The van der Waals surface area contributed by atoms with Crippen LogP contribution in [0.4, 0.5) is 0 Å². The Hall–Kier alpha value is -1.48. The van der Waals surface area contributed by atoms with E-state index in [0.717, 1.165) is 12.7 Å². The number of hydrogen-bond donors (Lipinski definition) is 0. The van der Waals surface area contributed by atoms with E-state index < -0.39 is 34.1 Å². The van der Waals surface area contributed by atoms with E-state index >= 15 is 0 Å². The van der Waals surface area contributed by atoms with E-state index in [1.807, 2.05) is 6.92 Å². The van der Waals surface area contributed by atoms with Gasteiger partial charge in [-0.25, -0.2) is 8.98 Å². The number of carbonyl (C=O) groups is 1. The molecule has 0 spiro atoms. The predicted molar refractivity (Wildman–Crippen MR) is 80.2 cm³/mol. The quantitative estimate of drug-likeness (QED) is 0.589. The SMILES string of the molecule is COC(=O)C(OS(=O)(=O)c1ccc(C)cc1)C1COC(C)(C)O1. The van der Waals surface area contributed by atoms with Gasteiger partial charge >= 0.3 is 5.97 Å². The Bertz CT molecular complexity index is 664. The zero-order valence-corrected chi connectivity index (χ0v) is 14.3. The summed E-state index contributed by atoms with van der Waals surface area (Å²) in [7, 11) is -2.99. The molecule has 1 aliphatic heterocycles. The number of carbonyl (C=O) groups excluding carboxylic acids is 1. The molecule has 2 rings (SSSR count). The van der Waals surface area contributed by atoms with E-state index in [-0.39, 0.29) is 11.5 Å².